The van der Waals surface area contributed by atoms with E-state index in [0.717, 1.165) is 0 Å². The number of allylic oxidation sites excluding steroid dienone is 1. The van der Waals surface area contributed by atoms with Gasteiger partial charge in [0.25, 0.3) is 0 Å². The number of nitrogens with zero attached hydrogens (tertiary/aromatic N) is 1. The lowest BCUT2D eigenvalue weighted by Gasteiger charge is -2.04. The summed E-state index contributed by atoms with van der Waals surface area (Å²) in [6, 6.07) is 0. The maximum Gasteiger partial charge on any atom is 0.245 e. The zero-order chi connectivity index (χ0) is 7.56. The van der Waals surface area contributed by atoms with Gasteiger partial charge in [-0.25, -0.2) is 0 Å². The molecule has 0 radical (unpaired) electrons. The van der Waals surface area contributed by atoms with Gasteiger partial charge in [-0.3, -0.25) is 4.79 Å². The minimum absolute atomic E-state index is 0.0897. The molecule has 1 aliphatic carbocycles. The second-order valence-corrected chi connectivity index (χ2v) is 2.93. The van der Waals surface area contributed by atoms with E-state index < -0.39 is 0 Å². The van der Waals surface area contributed by atoms with Crippen LogP contribution in [-0.4, -0.2) is 24.9 Å². The quantitative estimate of drug-likeness (QED) is 0.523. The average Bonchev–Trinajstić information content (AvgIpc) is 2.64. The second-order valence-electron chi connectivity index (χ2n) is 2.93. The number of rotatable bonds is 2. The van der Waals surface area contributed by atoms with Gasteiger partial charge in [0.2, 0.25) is 5.91 Å². The van der Waals surface area contributed by atoms with Crippen LogP contribution < -0.4 is 0 Å². The molecule has 0 unspecified atom stereocenters. The lowest BCUT2D eigenvalue weighted by molar-refractivity contribution is -0.123. The molecule has 0 aromatic carbocycles. The van der Waals surface area contributed by atoms with Crippen LogP contribution in [0.3, 0.4) is 0 Å². The Morgan fingerprint density at radius 3 is 2.50 bits per heavy atom. The SMILES string of the molecule is CN(C)C(=O)C=CC1CC1. The summed E-state index contributed by atoms with van der Waals surface area (Å²) in [5.74, 6) is 0.788. The van der Waals surface area contributed by atoms with Crippen molar-refractivity contribution < 1.29 is 4.79 Å². The molecule has 56 valence electrons. The molecule has 0 atom stereocenters. The highest BCUT2D eigenvalue weighted by molar-refractivity contribution is 5.87. The first-order chi connectivity index (χ1) is 4.70. The van der Waals surface area contributed by atoms with Crippen LogP contribution in [0, 0.1) is 5.92 Å². The van der Waals surface area contributed by atoms with Gasteiger partial charge in [0.05, 0.1) is 0 Å². The molecule has 1 aliphatic rings. The van der Waals surface area contributed by atoms with Gasteiger partial charge < -0.3 is 4.90 Å². The number of hydrogen-bond acceptors (Lipinski definition) is 1. The Balaban J connectivity index is 2.28. The Bertz CT molecular complexity index is 157. The van der Waals surface area contributed by atoms with Crippen LogP contribution in [0.2, 0.25) is 0 Å². The summed E-state index contributed by atoms with van der Waals surface area (Å²) in [4.78, 5) is 12.5. The van der Waals surface area contributed by atoms with Crippen LogP contribution in [0.15, 0.2) is 12.2 Å². The standard InChI is InChI=1S/C8H13NO/c1-9(2)8(10)6-5-7-3-4-7/h5-7H,3-4H2,1-2H3. The maximum absolute atomic E-state index is 10.9. The van der Waals surface area contributed by atoms with Crippen LogP contribution in [0.25, 0.3) is 0 Å². The molecule has 1 saturated carbocycles. The van der Waals surface area contributed by atoms with Gasteiger partial charge in [0, 0.05) is 14.1 Å². The Morgan fingerprint density at radius 1 is 1.50 bits per heavy atom. The fraction of sp³-hybridized carbons (Fsp3) is 0.625. The van der Waals surface area contributed by atoms with E-state index >= 15 is 0 Å². The topological polar surface area (TPSA) is 20.3 Å². The van der Waals surface area contributed by atoms with Crippen molar-refractivity contribution in [3.63, 3.8) is 0 Å². The Kier molecular flexibility index (Phi) is 2.10. The summed E-state index contributed by atoms with van der Waals surface area (Å²) in [5.41, 5.74) is 0. The predicted molar refractivity (Wildman–Crippen MR) is 40.6 cm³/mol. The van der Waals surface area contributed by atoms with Crippen molar-refractivity contribution in [2.24, 2.45) is 5.92 Å². The van der Waals surface area contributed by atoms with E-state index in [0.29, 0.717) is 5.92 Å². The molecule has 0 aromatic heterocycles. The summed E-state index contributed by atoms with van der Waals surface area (Å²) in [6.07, 6.45) is 6.19. The first kappa shape index (κ1) is 7.32. The largest absolute Gasteiger partial charge is 0.345 e. The van der Waals surface area contributed by atoms with Gasteiger partial charge in [-0.2, -0.15) is 0 Å². The van der Waals surface area contributed by atoms with Crippen molar-refractivity contribution in [3.8, 4) is 0 Å². The highest BCUT2D eigenvalue weighted by Crippen LogP contribution is 2.29. The second kappa shape index (κ2) is 2.86. The molecule has 0 N–H and O–H groups in total. The summed E-state index contributed by atoms with van der Waals surface area (Å²) < 4.78 is 0. The number of hydrogen-bond donors (Lipinski definition) is 0. The van der Waals surface area contributed by atoms with Crippen molar-refractivity contribution >= 4 is 5.91 Å². The van der Waals surface area contributed by atoms with Gasteiger partial charge in [-0.1, -0.05) is 6.08 Å². The molecule has 1 amide bonds. The van der Waals surface area contributed by atoms with Gasteiger partial charge in [-0.05, 0) is 24.8 Å². The van der Waals surface area contributed by atoms with Crippen LogP contribution in [-0.2, 0) is 4.79 Å². The molecule has 0 spiro atoms. The molecular weight excluding hydrogens is 126 g/mol. The first-order valence-corrected chi connectivity index (χ1v) is 3.59. The van der Waals surface area contributed by atoms with Gasteiger partial charge in [0.1, 0.15) is 0 Å². The smallest absolute Gasteiger partial charge is 0.245 e. The van der Waals surface area contributed by atoms with Gasteiger partial charge in [-0.15, -0.1) is 0 Å². The Labute approximate surface area is 61.5 Å². The van der Waals surface area contributed by atoms with Crippen molar-refractivity contribution in [2.45, 2.75) is 12.8 Å². The molecule has 0 aromatic rings. The molecule has 1 fully saturated rings. The van der Waals surface area contributed by atoms with Gasteiger partial charge >= 0.3 is 0 Å². The predicted octanol–water partition coefficient (Wildman–Crippen LogP) is 1.04. The highest BCUT2D eigenvalue weighted by Gasteiger charge is 2.17. The lowest BCUT2D eigenvalue weighted by atomic mass is 10.3. The molecule has 0 heterocycles. The fourth-order valence-electron chi connectivity index (χ4n) is 0.656. The van der Waals surface area contributed by atoms with Crippen molar-refractivity contribution in [1.82, 2.24) is 4.90 Å². The highest BCUT2D eigenvalue weighted by atomic mass is 16.2. The average molecular weight is 139 g/mol. The molecule has 10 heavy (non-hydrogen) atoms. The molecular formula is C8H13NO. The molecule has 1 rings (SSSR count). The summed E-state index contributed by atoms with van der Waals surface area (Å²) in [5, 5.41) is 0. The summed E-state index contributed by atoms with van der Waals surface area (Å²) >= 11 is 0. The monoisotopic (exact) mass is 139 g/mol. The molecule has 2 heteroatoms. The third kappa shape index (κ3) is 2.21. The zero-order valence-electron chi connectivity index (χ0n) is 6.50. The minimum atomic E-state index is 0.0897. The normalized spacial score (nSPS) is 17.8. The number of carbonyl (C=O) groups is 1. The van der Waals surface area contributed by atoms with Gasteiger partial charge in [0.15, 0.2) is 0 Å². The van der Waals surface area contributed by atoms with E-state index in [4.69, 9.17) is 0 Å². The minimum Gasteiger partial charge on any atom is -0.345 e. The van der Waals surface area contributed by atoms with E-state index in [9.17, 15) is 4.79 Å². The Morgan fingerprint density at radius 2 is 2.10 bits per heavy atom. The van der Waals surface area contributed by atoms with E-state index in [1.165, 1.54) is 12.8 Å². The van der Waals surface area contributed by atoms with Crippen molar-refractivity contribution in [2.75, 3.05) is 14.1 Å². The molecule has 0 bridgehead atoms. The maximum atomic E-state index is 10.9. The number of likely N-dealkylation sites (N-methyl/N-ethyl adjacent to an activating group) is 1. The van der Waals surface area contributed by atoms with Crippen LogP contribution in [0.1, 0.15) is 12.8 Å². The molecule has 0 aliphatic heterocycles. The van der Waals surface area contributed by atoms with Crippen LogP contribution in [0.5, 0.6) is 0 Å². The first-order valence-electron chi connectivity index (χ1n) is 3.59. The zero-order valence-corrected chi connectivity index (χ0v) is 6.50. The lowest BCUT2D eigenvalue weighted by Crippen LogP contribution is -2.18. The van der Waals surface area contributed by atoms with Crippen LogP contribution >= 0.6 is 0 Å². The van der Waals surface area contributed by atoms with E-state index in [2.05, 4.69) is 0 Å². The van der Waals surface area contributed by atoms with Crippen LogP contribution in [0.4, 0.5) is 0 Å². The third-order valence-electron chi connectivity index (χ3n) is 1.57. The molecule has 2 nitrogen and oxygen atoms in total. The number of carbonyl (C=O) groups excluding carboxylic acids is 1. The van der Waals surface area contributed by atoms with E-state index in [1.54, 1.807) is 25.1 Å². The third-order valence-corrected chi connectivity index (χ3v) is 1.57. The van der Waals surface area contributed by atoms with E-state index in [-0.39, 0.29) is 5.91 Å². The van der Waals surface area contributed by atoms with Crippen molar-refractivity contribution in [1.29, 1.82) is 0 Å². The number of amides is 1. The summed E-state index contributed by atoms with van der Waals surface area (Å²) in [7, 11) is 3.53. The van der Waals surface area contributed by atoms with E-state index in [1.807, 2.05) is 6.08 Å². The summed E-state index contributed by atoms with van der Waals surface area (Å²) in [6.45, 7) is 0. The van der Waals surface area contributed by atoms with Crippen molar-refractivity contribution in [3.05, 3.63) is 12.2 Å². The molecule has 0 saturated heterocycles. The Hall–Kier alpha value is -0.790. The fourth-order valence-corrected chi connectivity index (χ4v) is 0.656.